The molecule has 3 N–H and O–H groups in total. The highest BCUT2D eigenvalue weighted by molar-refractivity contribution is 5.83. The number of aliphatic carboxylic acids is 2. The topological polar surface area (TPSA) is 107 Å². The number of nitrogens with one attached hydrogen (secondary N) is 1. The van der Waals surface area contributed by atoms with E-state index in [4.69, 9.17) is 10.2 Å². The normalized spacial score (nSPS) is 16.9. The summed E-state index contributed by atoms with van der Waals surface area (Å²) in [5, 5.41) is 19.9. The van der Waals surface area contributed by atoms with Crippen molar-refractivity contribution in [2.45, 2.75) is 50.6 Å². The lowest BCUT2D eigenvalue weighted by Gasteiger charge is -2.26. The fourth-order valence-electron chi connectivity index (χ4n) is 2.23. The number of rotatable bonds is 6. The van der Waals surface area contributed by atoms with Gasteiger partial charge in [0.15, 0.2) is 0 Å². The van der Waals surface area contributed by atoms with E-state index in [1.165, 1.54) is 4.90 Å². The monoisotopic (exact) mass is 272 g/mol. The van der Waals surface area contributed by atoms with Crippen LogP contribution in [0.2, 0.25) is 0 Å². The SMILES string of the molecule is CN(C(=O)NC(CCC(=O)O)C(=O)O)C1CCCC1. The lowest BCUT2D eigenvalue weighted by atomic mass is 10.1. The van der Waals surface area contributed by atoms with Gasteiger partial charge in [-0.3, -0.25) is 4.79 Å². The predicted octanol–water partition coefficient (Wildman–Crippen LogP) is 0.888. The number of urea groups is 1. The van der Waals surface area contributed by atoms with Gasteiger partial charge in [0.1, 0.15) is 6.04 Å². The van der Waals surface area contributed by atoms with Gasteiger partial charge in [-0.2, -0.15) is 0 Å². The van der Waals surface area contributed by atoms with Crippen LogP contribution in [0.4, 0.5) is 4.79 Å². The first-order valence-corrected chi connectivity index (χ1v) is 6.39. The number of hydrogen-bond acceptors (Lipinski definition) is 3. The molecule has 1 atom stereocenters. The van der Waals surface area contributed by atoms with Crippen LogP contribution >= 0.6 is 0 Å². The van der Waals surface area contributed by atoms with Crippen LogP contribution in [0.15, 0.2) is 0 Å². The molecule has 0 spiro atoms. The molecule has 108 valence electrons. The molecular formula is C12H20N2O5. The zero-order valence-electron chi connectivity index (χ0n) is 11.0. The minimum Gasteiger partial charge on any atom is -0.481 e. The van der Waals surface area contributed by atoms with Gasteiger partial charge >= 0.3 is 18.0 Å². The molecule has 1 aliphatic carbocycles. The molecule has 0 radical (unpaired) electrons. The Bertz CT molecular complexity index is 352. The van der Waals surface area contributed by atoms with E-state index < -0.39 is 24.0 Å². The van der Waals surface area contributed by atoms with Gasteiger partial charge in [-0.25, -0.2) is 9.59 Å². The molecule has 1 aliphatic rings. The van der Waals surface area contributed by atoms with Crippen molar-refractivity contribution in [2.75, 3.05) is 7.05 Å². The standard InChI is InChI=1S/C12H20N2O5/c1-14(8-4-2-3-5-8)12(19)13-9(11(17)18)6-7-10(15)16/h8-9H,2-7H2,1H3,(H,13,19)(H,15,16)(H,17,18). The van der Waals surface area contributed by atoms with Crippen molar-refractivity contribution in [3.05, 3.63) is 0 Å². The van der Waals surface area contributed by atoms with Gasteiger partial charge in [-0.1, -0.05) is 12.8 Å². The summed E-state index contributed by atoms with van der Waals surface area (Å²) in [6, 6.07) is -1.47. The lowest BCUT2D eigenvalue weighted by Crippen LogP contribution is -2.49. The molecule has 0 saturated heterocycles. The van der Waals surface area contributed by atoms with Crippen molar-refractivity contribution in [2.24, 2.45) is 0 Å². The minimum absolute atomic E-state index is 0.116. The summed E-state index contributed by atoms with van der Waals surface area (Å²) >= 11 is 0. The highest BCUT2D eigenvalue weighted by Gasteiger charge is 2.27. The fourth-order valence-corrected chi connectivity index (χ4v) is 2.23. The number of nitrogens with zero attached hydrogens (tertiary/aromatic N) is 1. The Morgan fingerprint density at radius 2 is 1.84 bits per heavy atom. The predicted molar refractivity (Wildman–Crippen MR) is 66.8 cm³/mol. The Morgan fingerprint density at radius 3 is 2.32 bits per heavy atom. The average Bonchev–Trinajstić information content (AvgIpc) is 2.86. The average molecular weight is 272 g/mol. The van der Waals surface area contributed by atoms with Crippen LogP contribution in [0, 0.1) is 0 Å². The molecule has 7 heteroatoms. The van der Waals surface area contributed by atoms with Gasteiger partial charge < -0.3 is 20.4 Å². The number of carboxylic acid groups (broad SMARTS) is 2. The van der Waals surface area contributed by atoms with Gasteiger partial charge in [0.2, 0.25) is 0 Å². The largest absolute Gasteiger partial charge is 0.481 e. The van der Waals surface area contributed by atoms with E-state index in [1.54, 1.807) is 7.05 Å². The van der Waals surface area contributed by atoms with Crippen LogP contribution < -0.4 is 5.32 Å². The smallest absolute Gasteiger partial charge is 0.326 e. The molecular weight excluding hydrogens is 252 g/mol. The maximum absolute atomic E-state index is 11.9. The summed E-state index contributed by atoms with van der Waals surface area (Å²) in [4.78, 5) is 34.8. The summed E-state index contributed by atoms with van der Waals surface area (Å²) in [6.45, 7) is 0. The van der Waals surface area contributed by atoms with E-state index in [0.29, 0.717) is 0 Å². The quantitative estimate of drug-likeness (QED) is 0.665. The molecule has 0 bridgehead atoms. The van der Waals surface area contributed by atoms with Crippen molar-refractivity contribution in [1.82, 2.24) is 10.2 Å². The molecule has 0 aliphatic heterocycles. The molecule has 1 fully saturated rings. The van der Waals surface area contributed by atoms with Gasteiger partial charge in [-0.05, 0) is 19.3 Å². The van der Waals surface area contributed by atoms with Gasteiger partial charge in [-0.15, -0.1) is 0 Å². The first-order chi connectivity index (χ1) is 8.91. The Balaban J connectivity index is 2.50. The van der Waals surface area contributed by atoms with Crippen LogP contribution in [0.3, 0.4) is 0 Å². The number of carbonyl (C=O) groups excluding carboxylic acids is 1. The molecule has 19 heavy (non-hydrogen) atoms. The van der Waals surface area contributed by atoms with E-state index in [-0.39, 0.29) is 18.9 Å². The Hall–Kier alpha value is -1.79. The molecule has 0 aromatic rings. The number of hydrogen-bond donors (Lipinski definition) is 3. The number of carboxylic acids is 2. The van der Waals surface area contributed by atoms with Crippen LogP contribution in [0.25, 0.3) is 0 Å². The lowest BCUT2D eigenvalue weighted by molar-refractivity contribution is -0.140. The second-order valence-corrected chi connectivity index (χ2v) is 4.82. The molecule has 1 unspecified atom stereocenters. The highest BCUT2D eigenvalue weighted by Crippen LogP contribution is 2.22. The summed E-state index contributed by atoms with van der Waals surface area (Å²) in [5.74, 6) is -2.29. The third-order valence-corrected chi connectivity index (χ3v) is 3.44. The Morgan fingerprint density at radius 1 is 1.26 bits per heavy atom. The third kappa shape index (κ3) is 4.76. The third-order valence-electron chi connectivity index (χ3n) is 3.44. The molecule has 0 heterocycles. The summed E-state index contributed by atoms with van der Waals surface area (Å²) < 4.78 is 0. The van der Waals surface area contributed by atoms with E-state index >= 15 is 0 Å². The molecule has 1 rings (SSSR count). The van der Waals surface area contributed by atoms with Crippen LogP contribution in [-0.4, -0.2) is 52.2 Å². The van der Waals surface area contributed by atoms with Gasteiger partial charge in [0, 0.05) is 19.5 Å². The second kappa shape index (κ2) is 6.96. The van der Waals surface area contributed by atoms with Crippen molar-refractivity contribution in [3.8, 4) is 0 Å². The second-order valence-electron chi connectivity index (χ2n) is 4.82. The zero-order chi connectivity index (χ0) is 14.4. The first kappa shape index (κ1) is 15.3. The summed E-state index contributed by atoms with van der Waals surface area (Å²) in [7, 11) is 1.64. The minimum atomic E-state index is -1.21. The molecule has 2 amide bonds. The summed E-state index contributed by atoms with van der Waals surface area (Å²) in [6.07, 6.45) is 3.60. The number of carbonyl (C=O) groups is 3. The maximum Gasteiger partial charge on any atom is 0.326 e. The first-order valence-electron chi connectivity index (χ1n) is 6.39. The van der Waals surface area contributed by atoms with E-state index in [1.807, 2.05) is 0 Å². The van der Waals surface area contributed by atoms with Crippen molar-refractivity contribution < 1.29 is 24.6 Å². The zero-order valence-corrected chi connectivity index (χ0v) is 11.0. The molecule has 7 nitrogen and oxygen atoms in total. The van der Waals surface area contributed by atoms with Crippen LogP contribution in [0.1, 0.15) is 38.5 Å². The number of amides is 2. The van der Waals surface area contributed by atoms with Gasteiger partial charge in [0.25, 0.3) is 0 Å². The van der Waals surface area contributed by atoms with Gasteiger partial charge in [0.05, 0.1) is 0 Å². The van der Waals surface area contributed by atoms with E-state index in [2.05, 4.69) is 5.32 Å². The van der Waals surface area contributed by atoms with Crippen molar-refractivity contribution in [1.29, 1.82) is 0 Å². The van der Waals surface area contributed by atoms with E-state index in [0.717, 1.165) is 25.7 Å². The Labute approximate surface area is 111 Å². The molecule has 0 aromatic heterocycles. The molecule has 1 saturated carbocycles. The highest BCUT2D eigenvalue weighted by atomic mass is 16.4. The molecule has 0 aromatic carbocycles. The summed E-state index contributed by atoms with van der Waals surface area (Å²) in [5.41, 5.74) is 0. The fraction of sp³-hybridized carbons (Fsp3) is 0.750. The van der Waals surface area contributed by atoms with Crippen LogP contribution in [-0.2, 0) is 9.59 Å². The maximum atomic E-state index is 11.9. The van der Waals surface area contributed by atoms with E-state index in [9.17, 15) is 14.4 Å². The van der Waals surface area contributed by atoms with Crippen molar-refractivity contribution in [3.63, 3.8) is 0 Å². The Kier molecular flexibility index (Phi) is 5.59. The van der Waals surface area contributed by atoms with Crippen molar-refractivity contribution >= 4 is 18.0 Å². The van der Waals surface area contributed by atoms with Crippen LogP contribution in [0.5, 0.6) is 0 Å².